The molecule has 1 aromatic rings. The van der Waals surface area contributed by atoms with Crippen LogP contribution in [0.1, 0.15) is 13.8 Å². The first kappa shape index (κ1) is 17.4. The summed E-state index contributed by atoms with van der Waals surface area (Å²) in [6, 6.07) is 5.58. The molecule has 0 saturated heterocycles. The zero-order valence-corrected chi connectivity index (χ0v) is 12.8. The SMILES string of the molecule is CC(C)NS(=O)(=O)c1ccc(OCC(=O)NCCO)cc1. The van der Waals surface area contributed by atoms with Gasteiger partial charge < -0.3 is 15.2 Å². The normalized spacial score (nSPS) is 11.4. The lowest BCUT2D eigenvalue weighted by molar-refractivity contribution is -0.123. The van der Waals surface area contributed by atoms with Gasteiger partial charge in [-0.3, -0.25) is 4.79 Å². The second-order valence-electron chi connectivity index (χ2n) is 4.61. The van der Waals surface area contributed by atoms with E-state index in [1.807, 2.05) is 0 Å². The molecular weight excluding hydrogens is 296 g/mol. The molecule has 8 heteroatoms. The van der Waals surface area contributed by atoms with E-state index in [2.05, 4.69) is 10.0 Å². The van der Waals surface area contributed by atoms with Crippen LogP contribution in [0.4, 0.5) is 0 Å². The van der Waals surface area contributed by atoms with E-state index in [1.165, 1.54) is 24.3 Å². The first-order chi connectivity index (χ1) is 9.85. The average Bonchev–Trinajstić information content (AvgIpc) is 2.42. The van der Waals surface area contributed by atoms with E-state index in [0.29, 0.717) is 5.75 Å². The van der Waals surface area contributed by atoms with Crippen LogP contribution in [0.15, 0.2) is 29.2 Å². The molecule has 0 aliphatic carbocycles. The van der Waals surface area contributed by atoms with E-state index in [1.54, 1.807) is 13.8 Å². The van der Waals surface area contributed by atoms with Crippen molar-refractivity contribution >= 4 is 15.9 Å². The predicted molar refractivity (Wildman–Crippen MR) is 77.5 cm³/mol. The van der Waals surface area contributed by atoms with Crippen molar-refractivity contribution in [2.45, 2.75) is 24.8 Å². The van der Waals surface area contributed by atoms with E-state index in [9.17, 15) is 13.2 Å². The molecule has 0 aromatic heterocycles. The number of amides is 1. The van der Waals surface area contributed by atoms with Gasteiger partial charge in [-0.15, -0.1) is 0 Å². The fourth-order valence-corrected chi connectivity index (χ4v) is 2.74. The fraction of sp³-hybridized carbons (Fsp3) is 0.462. The van der Waals surface area contributed by atoms with Gasteiger partial charge in [-0.05, 0) is 38.1 Å². The van der Waals surface area contributed by atoms with Gasteiger partial charge in [-0.25, -0.2) is 13.1 Å². The Morgan fingerprint density at radius 1 is 1.29 bits per heavy atom. The number of benzene rings is 1. The lowest BCUT2D eigenvalue weighted by Crippen LogP contribution is -2.31. The molecule has 21 heavy (non-hydrogen) atoms. The Labute approximate surface area is 124 Å². The number of aliphatic hydroxyl groups is 1. The van der Waals surface area contributed by atoms with E-state index in [-0.39, 0.29) is 36.6 Å². The van der Waals surface area contributed by atoms with Crippen LogP contribution in [0.2, 0.25) is 0 Å². The third-order valence-electron chi connectivity index (χ3n) is 2.33. The van der Waals surface area contributed by atoms with Crippen LogP contribution in [-0.2, 0) is 14.8 Å². The van der Waals surface area contributed by atoms with Crippen LogP contribution in [0.5, 0.6) is 5.75 Å². The molecule has 0 fully saturated rings. The van der Waals surface area contributed by atoms with Gasteiger partial charge in [-0.1, -0.05) is 0 Å². The van der Waals surface area contributed by atoms with E-state index in [4.69, 9.17) is 9.84 Å². The third kappa shape index (κ3) is 6.11. The van der Waals surface area contributed by atoms with E-state index < -0.39 is 10.0 Å². The molecule has 7 nitrogen and oxygen atoms in total. The van der Waals surface area contributed by atoms with Crippen molar-refractivity contribution in [3.05, 3.63) is 24.3 Å². The second-order valence-corrected chi connectivity index (χ2v) is 6.32. The Balaban J connectivity index is 2.60. The third-order valence-corrected chi connectivity index (χ3v) is 4.00. The van der Waals surface area contributed by atoms with Gasteiger partial charge in [0.1, 0.15) is 5.75 Å². The number of carbonyl (C=O) groups excluding carboxylic acids is 1. The monoisotopic (exact) mass is 316 g/mol. The Morgan fingerprint density at radius 3 is 2.43 bits per heavy atom. The highest BCUT2D eigenvalue weighted by Gasteiger charge is 2.15. The highest BCUT2D eigenvalue weighted by Crippen LogP contribution is 2.16. The smallest absolute Gasteiger partial charge is 0.258 e. The minimum absolute atomic E-state index is 0.133. The van der Waals surface area contributed by atoms with Crippen LogP contribution in [-0.4, -0.2) is 45.2 Å². The summed E-state index contributed by atoms with van der Waals surface area (Å²) < 4.78 is 31.5. The van der Waals surface area contributed by atoms with Gasteiger partial charge in [0.25, 0.3) is 5.91 Å². The Kier molecular flexibility index (Phi) is 6.60. The number of ether oxygens (including phenoxy) is 1. The number of aliphatic hydroxyl groups excluding tert-OH is 1. The first-order valence-electron chi connectivity index (χ1n) is 6.48. The van der Waals surface area contributed by atoms with Crippen LogP contribution < -0.4 is 14.8 Å². The van der Waals surface area contributed by atoms with Crippen LogP contribution >= 0.6 is 0 Å². The summed E-state index contributed by atoms with van der Waals surface area (Å²) >= 11 is 0. The maximum atomic E-state index is 11.9. The van der Waals surface area contributed by atoms with Crippen molar-refractivity contribution in [3.63, 3.8) is 0 Å². The maximum Gasteiger partial charge on any atom is 0.258 e. The maximum absolute atomic E-state index is 11.9. The lowest BCUT2D eigenvalue weighted by atomic mass is 10.3. The van der Waals surface area contributed by atoms with Gasteiger partial charge in [0, 0.05) is 12.6 Å². The zero-order chi connectivity index (χ0) is 15.9. The van der Waals surface area contributed by atoms with E-state index >= 15 is 0 Å². The Morgan fingerprint density at radius 2 is 1.90 bits per heavy atom. The molecule has 1 rings (SSSR count). The predicted octanol–water partition coefficient (Wildman–Crippen LogP) is -0.139. The molecule has 3 N–H and O–H groups in total. The summed E-state index contributed by atoms with van der Waals surface area (Å²) in [6.07, 6.45) is 0. The first-order valence-corrected chi connectivity index (χ1v) is 7.96. The number of nitrogens with one attached hydrogen (secondary N) is 2. The molecule has 0 aliphatic heterocycles. The molecular formula is C13H20N2O5S. The van der Waals surface area contributed by atoms with Crippen molar-refractivity contribution in [1.82, 2.24) is 10.0 Å². The van der Waals surface area contributed by atoms with Crippen LogP contribution in [0.3, 0.4) is 0 Å². The van der Waals surface area contributed by atoms with Crippen molar-refractivity contribution in [2.24, 2.45) is 0 Å². The molecule has 0 saturated carbocycles. The number of hydrogen-bond donors (Lipinski definition) is 3. The Bertz CT molecular complexity index is 554. The van der Waals surface area contributed by atoms with Crippen molar-refractivity contribution < 1.29 is 23.1 Å². The Hall–Kier alpha value is -1.64. The summed E-state index contributed by atoms with van der Waals surface area (Å²) in [5.41, 5.74) is 0. The minimum Gasteiger partial charge on any atom is -0.484 e. The molecule has 118 valence electrons. The topological polar surface area (TPSA) is 105 Å². The zero-order valence-electron chi connectivity index (χ0n) is 12.0. The standard InChI is InChI=1S/C13H20N2O5S/c1-10(2)15-21(18,19)12-5-3-11(4-6-12)20-9-13(17)14-7-8-16/h3-6,10,15-16H,7-9H2,1-2H3,(H,14,17). The fourth-order valence-electron chi connectivity index (χ4n) is 1.49. The minimum atomic E-state index is -3.53. The molecule has 0 atom stereocenters. The molecule has 0 bridgehead atoms. The average molecular weight is 316 g/mol. The molecule has 0 radical (unpaired) electrons. The highest BCUT2D eigenvalue weighted by atomic mass is 32.2. The van der Waals surface area contributed by atoms with Gasteiger partial charge in [0.15, 0.2) is 6.61 Å². The van der Waals surface area contributed by atoms with Crippen LogP contribution in [0, 0.1) is 0 Å². The molecule has 0 aliphatic rings. The molecule has 0 unspecified atom stereocenters. The molecule has 1 aromatic carbocycles. The van der Waals surface area contributed by atoms with Crippen molar-refractivity contribution in [2.75, 3.05) is 19.8 Å². The van der Waals surface area contributed by atoms with E-state index in [0.717, 1.165) is 0 Å². The summed E-state index contributed by atoms with van der Waals surface area (Å²) in [6.45, 7) is 3.30. The lowest BCUT2D eigenvalue weighted by Gasteiger charge is -2.10. The van der Waals surface area contributed by atoms with Crippen molar-refractivity contribution in [3.8, 4) is 5.75 Å². The van der Waals surface area contributed by atoms with Gasteiger partial charge in [-0.2, -0.15) is 0 Å². The number of sulfonamides is 1. The quantitative estimate of drug-likeness (QED) is 0.619. The number of hydrogen-bond acceptors (Lipinski definition) is 5. The summed E-state index contributed by atoms with van der Waals surface area (Å²) in [7, 11) is -3.53. The summed E-state index contributed by atoms with van der Waals surface area (Å²) in [5, 5.41) is 11.0. The molecule has 0 spiro atoms. The number of rotatable bonds is 8. The summed E-state index contributed by atoms with van der Waals surface area (Å²) in [5.74, 6) is 0.0277. The number of carbonyl (C=O) groups is 1. The highest BCUT2D eigenvalue weighted by molar-refractivity contribution is 7.89. The van der Waals surface area contributed by atoms with Crippen molar-refractivity contribution in [1.29, 1.82) is 0 Å². The van der Waals surface area contributed by atoms with Gasteiger partial charge in [0.2, 0.25) is 10.0 Å². The molecule has 0 heterocycles. The summed E-state index contributed by atoms with van der Waals surface area (Å²) in [4.78, 5) is 11.4. The van der Waals surface area contributed by atoms with Gasteiger partial charge in [0.05, 0.1) is 11.5 Å². The van der Waals surface area contributed by atoms with Crippen LogP contribution in [0.25, 0.3) is 0 Å². The molecule has 1 amide bonds. The van der Waals surface area contributed by atoms with Gasteiger partial charge >= 0.3 is 0 Å². The largest absolute Gasteiger partial charge is 0.484 e. The second kappa shape index (κ2) is 7.96.